The minimum atomic E-state index is -0.902. The third kappa shape index (κ3) is 3.10. The van der Waals surface area contributed by atoms with Gasteiger partial charge in [-0.25, -0.2) is 4.98 Å². The van der Waals surface area contributed by atoms with Crippen molar-refractivity contribution in [2.45, 2.75) is 13.0 Å². The third-order valence-electron chi connectivity index (χ3n) is 4.52. The molecule has 4 rings (SSSR count). The number of fused-ring (bicyclic) bond motifs is 1. The van der Waals surface area contributed by atoms with Gasteiger partial charge in [0.15, 0.2) is 0 Å². The summed E-state index contributed by atoms with van der Waals surface area (Å²) in [7, 11) is 0. The quantitative estimate of drug-likeness (QED) is 0.751. The standard InChI is InChI=1S/C19H17N3O3/c23-18(14-9-15(14)19(24)25)21-13-5-3-4-12(8-13)10-22-11-20-16-6-1-2-7-17(16)22/h1-8,11,14-15H,9-10H2,(H,21,23)(H,24,25)/t14-,15+/m0/s1. The number of aromatic nitrogens is 2. The number of carbonyl (C=O) groups is 2. The van der Waals surface area contributed by atoms with Crippen molar-refractivity contribution in [3.05, 3.63) is 60.4 Å². The molecule has 0 unspecified atom stereocenters. The highest BCUT2D eigenvalue weighted by atomic mass is 16.4. The lowest BCUT2D eigenvalue weighted by molar-refractivity contribution is -0.139. The Morgan fingerprint density at radius 3 is 2.80 bits per heavy atom. The van der Waals surface area contributed by atoms with Gasteiger partial charge in [-0.3, -0.25) is 9.59 Å². The van der Waals surface area contributed by atoms with Crippen molar-refractivity contribution in [2.75, 3.05) is 5.32 Å². The molecule has 0 aliphatic heterocycles. The number of rotatable bonds is 5. The Kier molecular flexibility index (Phi) is 3.72. The van der Waals surface area contributed by atoms with Gasteiger partial charge < -0.3 is 15.0 Å². The zero-order valence-electron chi connectivity index (χ0n) is 13.4. The molecule has 6 heteroatoms. The molecule has 6 nitrogen and oxygen atoms in total. The smallest absolute Gasteiger partial charge is 0.307 e. The summed E-state index contributed by atoms with van der Waals surface area (Å²) in [5.74, 6) is -2.09. The fourth-order valence-corrected chi connectivity index (χ4v) is 3.07. The van der Waals surface area contributed by atoms with Crippen LogP contribution in [0, 0.1) is 11.8 Å². The van der Waals surface area contributed by atoms with E-state index in [1.807, 2.05) is 48.5 Å². The molecule has 1 aromatic heterocycles. The molecule has 1 saturated carbocycles. The number of benzene rings is 2. The van der Waals surface area contributed by atoms with Crippen LogP contribution >= 0.6 is 0 Å². The number of carbonyl (C=O) groups excluding carboxylic acids is 1. The van der Waals surface area contributed by atoms with E-state index >= 15 is 0 Å². The second-order valence-corrected chi connectivity index (χ2v) is 6.34. The third-order valence-corrected chi connectivity index (χ3v) is 4.52. The van der Waals surface area contributed by atoms with E-state index in [0.717, 1.165) is 16.6 Å². The number of aliphatic carboxylic acids is 1. The summed E-state index contributed by atoms with van der Waals surface area (Å²) < 4.78 is 2.05. The Morgan fingerprint density at radius 2 is 2.00 bits per heavy atom. The van der Waals surface area contributed by atoms with Crippen molar-refractivity contribution >= 4 is 28.6 Å². The van der Waals surface area contributed by atoms with Gasteiger partial charge in [0.1, 0.15) is 0 Å². The molecule has 1 fully saturated rings. The highest BCUT2D eigenvalue weighted by Crippen LogP contribution is 2.39. The van der Waals surface area contributed by atoms with Gasteiger partial charge in [0.25, 0.3) is 0 Å². The molecule has 0 bridgehead atoms. The first-order chi connectivity index (χ1) is 12.1. The van der Waals surface area contributed by atoms with Crippen LogP contribution in [0.2, 0.25) is 0 Å². The van der Waals surface area contributed by atoms with Crippen molar-refractivity contribution < 1.29 is 14.7 Å². The molecule has 0 saturated heterocycles. The second-order valence-electron chi connectivity index (χ2n) is 6.34. The summed E-state index contributed by atoms with van der Waals surface area (Å²) in [4.78, 5) is 27.4. The highest BCUT2D eigenvalue weighted by Gasteiger charge is 2.48. The number of anilines is 1. The van der Waals surface area contributed by atoms with Gasteiger partial charge in [0, 0.05) is 12.2 Å². The van der Waals surface area contributed by atoms with Gasteiger partial charge in [-0.1, -0.05) is 24.3 Å². The topological polar surface area (TPSA) is 84.2 Å². The minimum Gasteiger partial charge on any atom is -0.481 e. The first-order valence-electron chi connectivity index (χ1n) is 8.14. The van der Waals surface area contributed by atoms with Gasteiger partial charge in [-0.15, -0.1) is 0 Å². The molecular weight excluding hydrogens is 318 g/mol. The molecule has 0 radical (unpaired) electrons. The van der Waals surface area contributed by atoms with E-state index in [4.69, 9.17) is 5.11 Å². The maximum Gasteiger partial charge on any atom is 0.307 e. The lowest BCUT2D eigenvalue weighted by Gasteiger charge is -2.08. The van der Waals surface area contributed by atoms with E-state index in [1.54, 1.807) is 6.33 Å². The van der Waals surface area contributed by atoms with E-state index in [-0.39, 0.29) is 5.91 Å². The van der Waals surface area contributed by atoms with Gasteiger partial charge in [0.2, 0.25) is 5.91 Å². The molecule has 2 N–H and O–H groups in total. The van der Waals surface area contributed by atoms with E-state index in [0.29, 0.717) is 18.7 Å². The van der Waals surface area contributed by atoms with Crippen LogP contribution in [0.1, 0.15) is 12.0 Å². The van der Waals surface area contributed by atoms with Gasteiger partial charge in [-0.2, -0.15) is 0 Å². The number of imidazole rings is 1. The molecule has 25 heavy (non-hydrogen) atoms. The SMILES string of the molecule is O=C(Nc1cccc(Cn2cnc3ccccc32)c1)[C@H]1C[C@H]1C(=O)O. The van der Waals surface area contributed by atoms with Crippen LogP contribution in [0.3, 0.4) is 0 Å². The number of para-hydroxylation sites is 2. The Hall–Kier alpha value is -3.15. The van der Waals surface area contributed by atoms with Gasteiger partial charge in [-0.05, 0) is 36.2 Å². The predicted molar refractivity (Wildman–Crippen MR) is 93.1 cm³/mol. The van der Waals surface area contributed by atoms with Crippen molar-refractivity contribution in [3.8, 4) is 0 Å². The van der Waals surface area contributed by atoms with Gasteiger partial charge >= 0.3 is 5.97 Å². The molecular formula is C19H17N3O3. The van der Waals surface area contributed by atoms with Crippen LogP contribution in [-0.2, 0) is 16.1 Å². The number of hydrogen-bond acceptors (Lipinski definition) is 3. The monoisotopic (exact) mass is 335 g/mol. The van der Waals surface area contributed by atoms with Crippen LogP contribution in [0.5, 0.6) is 0 Å². The largest absolute Gasteiger partial charge is 0.481 e. The summed E-state index contributed by atoms with van der Waals surface area (Å²) in [5, 5.41) is 11.7. The number of hydrogen-bond donors (Lipinski definition) is 2. The summed E-state index contributed by atoms with van der Waals surface area (Å²) in [6, 6.07) is 15.5. The predicted octanol–water partition coefficient (Wildman–Crippen LogP) is 2.74. The van der Waals surface area contributed by atoms with Crippen molar-refractivity contribution in [1.29, 1.82) is 0 Å². The van der Waals surface area contributed by atoms with Gasteiger partial charge in [0.05, 0.1) is 29.2 Å². The normalized spacial score (nSPS) is 18.9. The Morgan fingerprint density at radius 1 is 1.16 bits per heavy atom. The molecule has 1 aliphatic carbocycles. The number of amides is 1. The molecule has 1 amide bonds. The van der Waals surface area contributed by atoms with Crippen molar-refractivity contribution in [3.63, 3.8) is 0 Å². The first kappa shape index (κ1) is 15.4. The molecule has 2 aromatic carbocycles. The molecule has 1 aliphatic rings. The number of nitrogens with one attached hydrogen (secondary N) is 1. The zero-order valence-corrected chi connectivity index (χ0v) is 13.4. The number of carboxylic acid groups (broad SMARTS) is 1. The highest BCUT2D eigenvalue weighted by molar-refractivity contribution is 5.98. The maximum atomic E-state index is 12.1. The molecule has 3 aromatic rings. The Labute approximate surface area is 144 Å². The number of nitrogens with zero attached hydrogens (tertiary/aromatic N) is 2. The summed E-state index contributed by atoms with van der Waals surface area (Å²) in [5.41, 5.74) is 3.72. The second kappa shape index (κ2) is 6.05. The fraction of sp³-hybridized carbons (Fsp3) is 0.211. The van der Waals surface area contributed by atoms with E-state index < -0.39 is 17.8 Å². The van der Waals surface area contributed by atoms with E-state index in [1.165, 1.54) is 0 Å². The first-order valence-corrected chi connectivity index (χ1v) is 8.14. The van der Waals surface area contributed by atoms with Crippen LogP contribution in [-0.4, -0.2) is 26.5 Å². The van der Waals surface area contributed by atoms with E-state index in [9.17, 15) is 9.59 Å². The van der Waals surface area contributed by atoms with Crippen LogP contribution in [0.15, 0.2) is 54.9 Å². The Bertz CT molecular complexity index is 963. The average Bonchev–Trinajstić information content (AvgIpc) is 3.32. The molecule has 0 spiro atoms. The van der Waals surface area contributed by atoms with Crippen molar-refractivity contribution in [1.82, 2.24) is 9.55 Å². The summed E-state index contributed by atoms with van der Waals surface area (Å²) in [6.45, 7) is 0.644. The zero-order chi connectivity index (χ0) is 17.4. The van der Waals surface area contributed by atoms with Crippen LogP contribution < -0.4 is 5.32 Å². The lowest BCUT2D eigenvalue weighted by Crippen LogP contribution is -2.16. The summed E-state index contributed by atoms with van der Waals surface area (Å²) in [6.07, 6.45) is 2.22. The summed E-state index contributed by atoms with van der Waals surface area (Å²) >= 11 is 0. The van der Waals surface area contributed by atoms with E-state index in [2.05, 4.69) is 14.9 Å². The van der Waals surface area contributed by atoms with Crippen LogP contribution in [0.25, 0.3) is 11.0 Å². The fourth-order valence-electron chi connectivity index (χ4n) is 3.07. The molecule has 126 valence electrons. The average molecular weight is 335 g/mol. The molecule has 1 heterocycles. The lowest BCUT2D eigenvalue weighted by atomic mass is 10.2. The molecule has 2 atom stereocenters. The Balaban J connectivity index is 1.48. The minimum absolute atomic E-state index is 0.224. The van der Waals surface area contributed by atoms with Crippen molar-refractivity contribution in [2.24, 2.45) is 11.8 Å². The number of carboxylic acids is 1. The van der Waals surface area contributed by atoms with Crippen LogP contribution in [0.4, 0.5) is 5.69 Å². The maximum absolute atomic E-state index is 12.1.